The van der Waals surface area contributed by atoms with Crippen LogP contribution in [0.4, 0.5) is 0 Å². The number of benzene rings is 2. The third-order valence-electron chi connectivity index (χ3n) is 5.82. The molecule has 5 atom stereocenters. The number of nitrogens with one attached hydrogen (secondary N) is 2. The normalized spacial score (nSPS) is 23.7. The Labute approximate surface area is 206 Å². The predicted octanol–water partition coefficient (Wildman–Crippen LogP) is -0.889. The highest BCUT2D eigenvalue weighted by atomic mass is 16.6. The smallest absolute Gasteiger partial charge is 0.274 e. The van der Waals surface area contributed by atoms with Gasteiger partial charge in [-0.2, -0.15) is 0 Å². The summed E-state index contributed by atoms with van der Waals surface area (Å²) >= 11 is 0. The summed E-state index contributed by atoms with van der Waals surface area (Å²) < 4.78 is 6.41. The minimum Gasteiger partial charge on any atom is -0.394 e. The Balaban J connectivity index is 1.63. The maximum absolute atomic E-state index is 13.3. The minimum atomic E-state index is -1.73. The molecule has 0 unspecified atom stereocenters. The Kier molecular flexibility index (Phi) is 8.03. The Hall–Kier alpha value is -3.68. The molecule has 0 saturated carbocycles. The molecule has 1 saturated heterocycles. The fourth-order valence-electron chi connectivity index (χ4n) is 3.84. The third-order valence-corrected chi connectivity index (χ3v) is 5.82. The molecule has 1 aliphatic rings. The molecule has 1 fully saturated rings. The van der Waals surface area contributed by atoms with Crippen LogP contribution in [0.25, 0.3) is 0 Å². The fraction of sp³-hybridized carbons (Fsp3) is 0.333. The molecule has 190 valence electrons. The van der Waals surface area contributed by atoms with Crippen LogP contribution < -0.4 is 10.6 Å². The monoisotopic (exact) mass is 497 g/mol. The van der Waals surface area contributed by atoms with E-state index in [2.05, 4.69) is 20.9 Å². The summed E-state index contributed by atoms with van der Waals surface area (Å²) in [6.07, 6.45) is -7.80. The number of aromatic nitrogens is 3. The van der Waals surface area contributed by atoms with Gasteiger partial charge in [0.25, 0.3) is 11.8 Å². The van der Waals surface area contributed by atoms with Gasteiger partial charge in [0, 0.05) is 13.1 Å². The molecule has 2 heterocycles. The first-order chi connectivity index (χ1) is 17.4. The van der Waals surface area contributed by atoms with E-state index in [9.17, 15) is 30.0 Å². The highest BCUT2D eigenvalue weighted by Gasteiger charge is 2.46. The average molecular weight is 498 g/mol. The van der Waals surface area contributed by atoms with Gasteiger partial charge in [0.1, 0.15) is 24.4 Å². The number of hydrogen-bond acceptors (Lipinski definition) is 9. The Bertz CT molecular complexity index is 1170. The first kappa shape index (κ1) is 25.4. The molecule has 0 radical (unpaired) electrons. The molecule has 2 amide bonds. The van der Waals surface area contributed by atoms with Crippen LogP contribution in [0.1, 0.15) is 38.3 Å². The lowest BCUT2D eigenvalue weighted by atomic mass is 9.98. The van der Waals surface area contributed by atoms with Crippen LogP contribution in [-0.2, 0) is 17.8 Å². The molecular weight excluding hydrogens is 470 g/mol. The van der Waals surface area contributed by atoms with Crippen LogP contribution in [0.2, 0.25) is 0 Å². The summed E-state index contributed by atoms with van der Waals surface area (Å²) in [5.74, 6) is -1.43. The number of nitrogens with zero attached hydrogens (tertiary/aromatic N) is 3. The molecular formula is C24H27N5O7. The second-order valence-electron chi connectivity index (χ2n) is 8.29. The zero-order chi connectivity index (χ0) is 25.7. The van der Waals surface area contributed by atoms with Gasteiger partial charge in [-0.3, -0.25) is 9.59 Å². The van der Waals surface area contributed by atoms with Crippen molar-refractivity contribution in [2.45, 2.75) is 43.7 Å². The van der Waals surface area contributed by atoms with E-state index in [-0.39, 0.29) is 24.5 Å². The van der Waals surface area contributed by atoms with E-state index < -0.39 is 49.1 Å². The van der Waals surface area contributed by atoms with Crippen LogP contribution >= 0.6 is 0 Å². The van der Waals surface area contributed by atoms with Crippen molar-refractivity contribution in [2.24, 2.45) is 0 Å². The molecule has 4 rings (SSSR count). The SMILES string of the molecule is O=C(NCc1ccccc1)c1nnn([C@@H]2O[C@H](CO)[C@@H](O)[C@H](O)[C@H]2O)c1C(=O)NCc1ccccc1. The van der Waals surface area contributed by atoms with Gasteiger partial charge in [0.05, 0.1) is 6.61 Å². The molecule has 3 aromatic rings. The molecule has 1 aromatic heterocycles. The molecule has 12 nitrogen and oxygen atoms in total. The van der Waals surface area contributed by atoms with Gasteiger partial charge in [0.2, 0.25) is 0 Å². The number of carbonyl (C=O) groups is 2. The topological polar surface area (TPSA) is 179 Å². The largest absolute Gasteiger partial charge is 0.394 e. The lowest BCUT2D eigenvalue weighted by Gasteiger charge is -2.39. The minimum absolute atomic E-state index is 0.130. The molecule has 0 spiro atoms. The number of amides is 2. The highest BCUT2D eigenvalue weighted by Crippen LogP contribution is 2.29. The summed E-state index contributed by atoms with van der Waals surface area (Å²) in [4.78, 5) is 26.2. The average Bonchev–Trinajstić information content (AvgIpc) is 3.35. The number of aliphatic hydroxyl groups is 4. The van der Waals surface area contributed by atoms with Crippen LogP contribution in [0.5, 0.6) is 0 Å². The van der Waals surface area contributed by atoms with Gasteiger partial charge in [-0.05, 0) is 11.1 Å². The van der Waals surface area contributed by atoms with Crippen LogP contribution in [0, 0.1) is 0 Å². The number of rotatable bonds is 8. The van der Waals surface area contributed by atoms with Gasteiger partial charge in [0.15, 0.2) is 17.6 Å². The molecule has 0 bridgehead atoms. The van der Waals surface area contributed by atoms with Crippen molar-refractivity contribution in [2.75, 3.05) is 6.61 Å². The van der Waals surface area contributed by atoms with Gasteiger partial charge in [-0.15, -0.1) is 5.10 Å². The molecule has 2 aromatic carbocycles. The first-order valence-electron chi connectivity index (χ1n) is 11.3. The van der Waals surface area contributed by atoms with E-state index in [1.165, 1.54) is 0 Å². The predicted molar refractivity (Wildman–Crippen MR) is 124 cm³/mol. The van der Waals surface area contributed by atoms with E-state index in [1.807, 2.05) is 48.5 Å². The van der Waals surface area contributed by atoms with E-state index in [4.69, 9.17) is 4.74 Å². The number of aliphatic hydroxyl groups excluding tert-OH is 4. The molecule has 12 heteroatoms. The third kappa shape index (κ3) is 5.42. The number of ether oxygens (including phenoxy) is 1. The van der Waals surface area contributed by atoms with Crippen molar-refractivity contribution < 1.29 is 34.8 Å². The summed E-state index contributed by atoms with van der Waals surface area (Å²) in [6.45, 7) is -0.377. The number of hydrogen-bond donors (Lipinski definition) is 6. The lowest BCUT2D eigenvalue weighted by Crippen LogP contribution is -2.57. The maximum Gasteiger partial charge on any atom is 0.274 e. The zero-order valence-corrected chi connectivity index (χ0v) is 19.1. The quantitative estimate of drug-likeness (QED) is 0.230. The Morgan fingerprint density at radius 1 is 0.833 bits per heavy atom. The van der Waals surface area contributed by atoms with Crippen molar-refractivity contribution in [1.82, 2.24) is 25.6 Å². The first-order valence-corrected chi connectivity index (χ1v) is 11.3. The van der Waals surface area contributed by atoms with Crippen molar-refractivity contribution in [3.05, 3.63) is 83.2 Å². The summed E-state index contributed by atoms with van der Waals surface area (Å²) in [5.41, 5.74) is 0.976. The van der Waals surface area contributed by atoms with Gasteiger partial charge in [-0.25, -0.2) is 4.68 Å². The summed E-state index contributed by atoms with van der Waals surface area (Å²) in [7, 11) is 0. The Morgan fingerprint density at radius 2 is 1.39 bits per heavy atom. The van der Waals surface area contributed by atoms with Gasteiger partial charge >= 0.3 is 0 Å². The van der Waals surface area contributed by atoms with E-state index in [0.29, 0.717) is 0 Å². The Morgan fingerprint density at radius 3 is 1.94 bits per heavy atom. The maximum atomic E-state index is 13.3. The van der Waals surface area contributed by atoms with Crippen molar-refractivity contribution in [3.63, 3.8) is 0 Å². The van der Waals surface area contributed by atoms with Crippen molar-refractivity contribution >= 4 is 11.8 Å². The standard InChI is InChI=1S/C24H27N5O7/c30-13-16-19(31)20(32)21(33)24(36-16)29-18(23(35)26-12-15-9-5-2-6-10-15)17(27-28-29)22(34)25-11-14-7-3-1-4-8-14/h1-10,16,19-21,24,30-33H,11-13H2,(H,25,34)(H,26,35)/t16-,19-,20+,21-,24-/m1/s1. The van der Waals surface area contributed by atoms with Crippen molar-refractivity contribution in [1.29, 1.82) is 0 Å². The van der Waals surface area contributed by atoms with Crippen LogP contribution in [0.15, 0.2) is 60.7 Å². The van der Waals surface area contributed by atoms with E-state index >= 15 is 0 Å². The lowest BCUT2D eigenvalue weighted by molar-refractivity contribution is -0.254. The van der Waals surface area contributed by atoms with Crippen LogP contribution in [-0.4, -0.2) is 78.3 Å². The summed E-state index contributed by atoms with van der Waals surface area (Å²) in [6, 6.07) is 18.2. The molecule has 6 N–H and O–H groups in total. The molecule has 36 heavy (non-hydrogen) atoms. The summed E-state index contributed by atoms with van der Waals surface area (Å²) in [5, 5.41) is 53.5. The van der Waals surface area contributed by atoms with E-state index in [0.717, 1.165) is 15.8 Å². The van der Waals surface area contributed by atoms with E-state index in [1.54, 1.807) is 12.1 Å². The second kappa shape index (κ2) is 11.4. The van der Waals surface area contributed by atoms with Crippen molar-refractivity contribution in [3.8, 4) is 0 Å². The zero-order valence-electron chi connectivity index (χ0n) is 19.1. The number of carbonyl (C=O) groups excluding carboxylic acids is 2. The van der Waals surface area contributed by atoms with Crippen LogP contribution in [0.3, 0.4) is 0 Å². The second-order valence-corrected chi connectivity index (χ2v) is 8.29. The van der Waals surface area contributed by atoms with Gasteiger partial charge < -0.3 is 35.8 Å². The molecule has 0 aliphatic carbocycles. The fourth-order valence-corrected chi connectivity index (χ4v) is 3.84. The van der Waals surface area contributed by atoms with Gasteiger partial charge in [-0.1, -0.05) is 65.9 Å². The molecule has 1 aliphatic heterocycles. The highest BCUT2D eigenvalue weighted by molar-refractivity contribution is 6.04.